The standard InChI is InChI=1S/C8H17N.CH2O2/c1-2-3-4-7-5-8(9)6-7;2-1-3/h7-8H,2-6,9H2,1H3;1H,(H,2,3). The number of rotatable bonds is 3. The lowest BCUT2D eigenvalue weighted by Gasteiger charge is -2.32. The molecule has 3 nitrogen and oxygen atoms in total. The zero-order valence-corrected chi connectivity index (χ0v) is 7.70. The molecule has 72 valence electrons. The van der Waals surface area contributed by atoms with Gasteiger partial charge in [-0.15, -0.1) is 0 Å². The van der Waals surface area contributed by atoms with Gasteiger partial charge in [0.15, 0.2) is 0 Å². The first-order chi connectivity index (χ1) is 5.74. The first-order valence-electron chi connectivity index (χ1n) is 4.58. The van der Waals surface area contributed by atoms with Crippen LogP contribution in [0.15, 0.2) is 0 Å². The zero-order valence-electron chi connectivity index (χ0n) is 7.70. The quantitative estimate of drug-likeness (QED) is 0.637. The first kappa shape index (κ1) is 11.4. The fourth-order valence-electron chi connectivity index (χ4n) is 1.52. The van der Waals surface area contributed by atoms with Crippen molar-refractivity contribution in [1.29, 1.82) is 0 Å². The van der Waals surface area contributed by atoms with Crippen LogP contribution < -0.4 is 5.73 Å². The van der Waals surface area contributed by atoms with Gasteiger partial charge in [-0.3, -0.25) is 4.79 Å². The van der Waals surface area contributed by atoms with E-state index in [0.29, 0.717) is 6.04 Å². The highest BCUT2D eigenvalue weighted by molar-refractivity contribution is 5.32. The predicted molar refractivity (Wildman–Crippen MR) is 48.9 cm³/mol. The van der Waals surface area contributed by atoms with E-state index in [1.807, 2.05) is 0 Å². The normalized spacial score (nSPS) is 26.5. The van der Waals surface area contributed by atoms with Crippen molar-refractivity contribution in [3.05, 3.63) is 0 Å². The second-order valence-corrected chi connectivity index (χ2v) is 3.35. The predicted octanol–water partition coefficient (Wildman–Crippen LogP) is 1.61. The molecule has 0 saturated heterocycles. The van der Waals surface area contributed by atoms with Gasteiger partial charge in [-0.2, -0.15) is 0 Å². The molecule has 1 fully saturated rings. The Morgan fingerprint density at radius 3 is 2.42 bits per heavy atom. The molecule has 12 heavy (non-hydrogen) atoms. The summed E-state index contributed by atoms with van der Waals surface area (Å²) in [4.78, 5) is 8.36. The number of hydrogen-bond donors (Lipinski definition) is 2. The average Bonchev–Trinajstić information content (AvgIpc) is 1.98. The van der Waals surface area contributed by atoms with E-state index >= 15 is 0 Å². The number of unbranched alkanes of at least 4 members (excludes halogenated alkanes) is 1. The number of carbonyl (C=O) groups is 1. The molecule has 0 aromatic heterocycles. The Balaban J connectivity index is 0.000000354. The highest BCUT2D eigenvalue weighted by Crippen LogP contribution is 2.29. The van der Waals surface area contributed by atoms with Crippen LogP contribution >= 0.6 is 0 Å². The highest BCUT2D eigenvalue weighted by atomic mass is 16.3. The van der Waals surface area contributed by atoms with Crippen LogP contribution in [0.5, 0.6) is 0 Å². The summed E-state index contributed by atoms with van der Waals surface area (Å²) in [5.41, 5.74) is 5.64. The van der Waals surface area contributed by atoms with E-state index in [-0.39, 0.29) is 6.47 Å². The molecule has 0 atom stereocenters. The lowest BCUT2D eigenvalue weighted by atomic mass is 9.78. The van der Waals surface area contributed by atoms with Crippen molar-refractivity contribution < 1.29 is 9.90 Å². The molecule has 3 heteroatoms. The van der Waals surface area contributed by atoms with Crippen LogP contribution in [0.2, 0.25) is 0 Å². The lowest BCUT2D eigenvalue weighted by molar-refractivity contribution is -0.122. The van der Waals surface area contributed by atoms with E-state index in [2.05, 4.69) is 6.92 Å². The van der Waals surface area contributed by atoms with E-state index in [1.54, 1.807) is 0 Å². The molecule has 1 rings (SSSR count). The molecular weight excluding hydrogens is 154 g/mol. The van der Waals surface area contributed by atoms with Gasteiger partial charge in [0, 0.05) is 6.04 Å². The minimum Gasteiger partial charge on any atom is -0.483 e. The van der Waals surface area contributed by atoms with Gasteiger partial charge >= 0.3 is 0 Å². The molecule has 0 spiro atoms. The van der Waals surface area contributed by atoms with Crippen molar-refractivity contribution in [3.63, 3.8) is 0 Å². The summed E-state index contributed by atoms with van der Waals surface area (Å²) in [7, 11) is 0. The Bertz CT molecular complexity index is 111. The fourth-order valence-corrected chi connectivity index (χ4v) is 1.52. The van der Waals surface area contributed by atoms with Crippen molar-refractivity contribution in [2.75, 3.05) is 0 Å². The van der Waals surface area contributed by atoms with Crippen molar-refractivity contribution in [2.24, 2.45) is 11.7 Å². The summed E-state index contributed by atoms with van der Waals surface area (Å²) in [6, 6.07) is 0.548. The molecule has 0 amide bonds. The van der Waals surface area contributed by atoms with E-state index in [1.165, 1.54) is 32.1 Å². The molecule has 1 aliphatic rings. The highest BCUT2D eigenvalue weighted by Gasteiger charge is 2.24. The molecule has 0 radical (unpaired) electrons. The van der Waals surface area contributed by atoms with Crippen LogP contribution in [0.25, 0.3) is 0 Å². The Morgan fingerprint density at radius 1 is 1.58 bits per heavy atom. The first-order valence-corrected chi connectivity index (χ1v) is 4.58. The molecular formula is C9H19NO2. The van der Waals surface area contributed by atoms with E-state index in [9.17, 15) is 0 Å². The SMILES string of the molecule is CCCCC1CC(N)C1.O=CO. The van der Waals surface area contributed by atoms with Gasteiger partial charge in [-0.25, -0.2) is 0 Å². The van der Waals surface area contributed by atoms with Gasteiger partial charge in [0.1, 0.15) is 0 Å². The maximum Gasteiger partial charge on any atom is 0.290 e. The second kappa shape index (κ2) is 7.10. The van der Waals surface area contributed by atoms with Crippen molar-refractivity contribution in [1.82, 2.24) is 0 Å². The van der Waals surface area contributed by atoms with Crippen LogP contribution in [0, 0.1) is 5.92 Å². The minimum atomic E-state index is -0.250. The number of hydrogen-bond acceptors (Lipinski definition) is 2. The monoisotopic (exact) mass is 173 g/mol. The molecule has 0 unspecified atom stereocenters. The molecule has 1 aliphatic carbocycles. The third-order valence-electron chi connectivity index (χ3n) is 2.24. The Labute approximate surface area is 74.0 Å². The zero-order chi connectivity index (χ0) is 9.40. The number of nitrogens with two attached hydrogens (primary N) is 1. The van der Waals surface area contributed by atoms with Gasteiger partial charge in [-0.1, -0.05) is 26.2 Å². The van der Waals surface area contributed by atoms with Crippen LogP contribution in [0.4, 0.5) is 0 Å². The molecule has 3 N–H and O–H groups in total. The Kier molecular flexibility index (Phi) is 6.76. The number of carboxylic acid groups (broad SMARTS) is 1. The van der Waals surface area contributed by atoms with E-state index < -0.39 is 0 Å². The van der Waals surface area contributed by atoms with E-state index in [0.717, 1.165) is 5.92 Å². The summed E-state index contributed by atoms with van der Waals surface area (Å²) in [6.45, 7) is 2.00. The summed E-state index contributed by atoms with van der Waals surface area (Å²) in [5.74, 6) is 0.986. The topological polar surface area (TPSA) is 63.3 Å². The summed E-state index contributed by atoms with van der Waals surface area (Å²) in [6.07, 6.45) is 6.74. The largest absolute Gasteiger partial charge is 0.483 e. The van der Waals surface area contributed by atoms with E-state index in [4.69, 9.17) is 15.6 Å². The van der Waals surface area contributed by atoms with Crippen molar-refractivity contribution in [3.8, 4) is 0 Å². The van der Waals surface area contributed by atoms with Gasteiger partial charge in [0.2, 0.25) is 0 Å². The summed E-state index contributed by atoms with van der Waals surface area (Å²) < 4.78 is 0. The Morgan fingerprint density at radius 2 is 2.08 bits per heavy atom. The van der Waals surface area contributed by atoms with Crippen LogP contribution in [0.3, 0.4) is 0 Å². The average molecular weight is 173 g/mol. The maximum absolute atomic E-state index is 8.36. The third-order valence-corrected chi connectivity index (χ3v) is 2.24. The minimum absolute atomic E-state index is 0.250. The van der Waals surface area contributed by atoms with Crippen LogP contribution in [0.1, 0.15) is 39.0 Å². The fraction of sp³-hybridized carbons (Fsp3) is 0.889. The van der Waals surface area contributed by atoms with Crippen molar-refractivity contribution in [2.45, 2.75) is 45.1 Å². The van der Waals surface area contributed by atoms with Crippen LogP contribution in [-0.2, 0) is 4.79 Å². The third kappa shape index (κ3) is 5.13. The van der Waals surface area contributed by atoms with Crippen LogP contribution in [-0.4, -0.2) is 17.6 Å². The second-order valence-electron chi connectivity index (χ2n) is 3.35. The van der Waals surface area contributed by atoms with Gasteiger partial charge < -0.3 is 10.8 Å². The van der Waals surface area contributed by atoms with Gasteiger partial charge in [0.05, 0.1) is 0 Å². The summed E-state index contributed by atoms with van der Waals surface area (Å²) in [5, 5.41) is 6.89. The lowest BCUT2D eigenvalue weighted by Crippen LogP contribution is -2.36. The van der Waals surface area contributed by atoms with Crippen molar-refractivity contribution >= 4 is 6.47 Å². The van der Waals surface area contributed by atoms with Gasteiger partial charge in [-0.05, 0) is 18.8 Å². The Hall–Kier alpha value is -0.570. The smallest absolute Gasteiger partial charge is 0.290 e. The molecule has 0 aromatic rings. The molecule has 0 aliphatic heterocycles. The molecule has 1 saturated carbocycles. The maximum atomic E-state index is 8.36. The molecule has 0 bridgehead atoms. The van der Waals surface area contributed by atoms with Gasteiger partial charge in [0.25, 0.3) is 6.47 Å². The molecule has 0 aromatic carbocycles. The summed E-state index contributed by atoms with van der Waals surface area (Å²) >= 11 is 0. The molecule has 0 heterocycles.